The van der Waals surface area contributed by atoms with Crippen LogP contribution in [0.15, 0.2) is 54.0 Å². The summed E-state index contributed by atoms with van der Waals surface area (Å²) in [6.07, 6.45) is 3.30. The topological polar surface area (TPSA) is 104 Å². The zero-order chi connectivity index (χ0) is 30.9. The predicted molar refractivity (Wildman–Crippen MR) is 176 cm³/mol. The Hall–Kier alpha value is -2.72. The number of carbonyl (C=O) groups excluding carboxylic acids is 2. The smallest absolute Gasteiger partial charge is 0.240 e. The molecule has 1 aliphatic heterocycles. The molecule has 11 heteroatoms. The molecule has 2 aromatic carbocycles. The molecule has 0 aliphatic carbocycles. The Labute approximate surface area is 268 Å². The van der Waals surface area contributed by atoms with Gasteiger partial charge in [0.2, 0.25) is 16.9 Å². The van der Waals surface area contributed by atoms with Gasteiger partial charge in [-0.05, 0) is 61.3 Å². The number of anilines is 1. The van der Waals surface area contributed by atoms with Crippen molar-refractivity contribution in [1.29, 1.82) is 0 Å². The van der Waals surface area contributed by atoms with Gasteiger partial charge in [0.1, 0.15) is 5.51 Å². The summed E-state index contributed by atoms with van der Waals surface area (Å²) in [5, 5.41) is 13.0. The molecule has 8 nitrogen and oxygen atoms in total. The lowest BCUT2D eigenvalue weighted by Gasteiger charge is -2.48. The minimum atomic E-state index is -0.764. The summed E-state index contributed by atoms with van der Waals surface area (Å²) in [5.74, 6) is 0.200. The van der Waals surface area contributed by atoms with Crippen LogP contribution in [0.3, 0.4) is 0 Å². The lowest BCUT2D eigenvalue weighted by molar-refractivity contribution is -0.150. The molecule has 0 bridgehead atoms. The van der Waals surface area contributed by atoms with E-state index < -0.39 is 6.04 Å². The van der Waals surface area contributed by atoms with Crippen molar-refractivity contribution in [2.75, 3.05) is 25.0 Å². The van der Waals surface area contributed by atoms with Crippen molar-refractivity contribution in [1.82, 2.24) is 20.0 Å². The number of benzene rings is 2. The van der Waals surface area contributed by atoms with Gasteiger partial charge in [-0.2, -0.15) is 0 Å². The van der Waals surface area contributed by atoms with Crippen molar-refractivity contribution in [3.8, 4) is 0 Å². The average Bonchev–Trinajstić information content (AvgIpc) is 3.50. The first-order chi connectivity index (χ1) is 20.6. The molecule has 2 heterocycles. The summed E-state index contributed by atoms with van der Waals surface area (Å²) in [7, 11) is 0. The fraction of sp³-hybridized carbons (Fsp3) is 0.500. The van der Waals surface area contributed by atoms with Gasteiger partial charge in [-0.25, -0.2) is 0 Å². The first-order valence-electron chi connectivity index (χ1n) is 15.0. The Bertz CT molecular complexity index is 1330. The first kappa shape index (κ1) is 33.2. The van der Waals surface area contributed by atoms with E-state index in [1.165, 1.54) is 11.3 Å². The first-order valence-corrected chi connectivity index (χ1v) is 16.6. The monoisotopic (exact) mass is 644 g/mol. The lowest BCUT2D eigenvalue weighted by atomic mass is 9.92. The molecule has 43 heavy (non-hydrogen) atoms. The van der Waals surface area contributed by atoms with E-state index in [0.717, 1.165) is 35.5 Å². The van der Waals surface area contributed by atoms with Gasteiger partial charge in [0, 0.05) is 47.7 Å². The third kappa shape index (κ3) is 9.38. The molecule has 2 amide bonds. The average molecular weight is 646 g/mol. The molecule has 2 unspecified atom stereocenters. The van der Waals surface area contributed by atoms with E-state index in [1.54, 1.807) is 17.6 Å². The van der Waals surface area contributed by atoms with Gasteiger partial charge in [-0.3, -0.25) is 9.59 Å². The number of rotatable bonds is 13. The number of nitrogens with zero attached hydrogens (tertiary/aromatic N) is 4. The molecule has 1 saturated heterocycles. The Balaban J connectivity index is 1.53. The van der Waals surface area contributed by atoms with Crippen LogP contribution in [0.4, 0.5) is 5.13 Å². The van der Waals surface area contributed by atoms with E-state index in [4.69, 9.17) is 28.9 Å². The van der Waals surface area contributed by atoms with Crippen LogP contribution >= 0.6 is 34.5 Å². The molecule has 0 radical (unpaired) electrons. The number of nitrogens with one attached hydrogen (secondary N) is 1. The van der Waals surface area contributed by atoms with Gasteiger partial charge >= 0.3 is 0 Å². The predicted octanol–water partition coefficient (Wildman–Crippen LogP) is 5.94. The lowest BCUT2D eigenvalue weighted by Crippen LogP contribution is -2.64. The maximum absolute atomic E-state index is 14.0. The molecule has 1 aliphatic rings. The summed E-state index contributed by atoms with van der Waals surface area (Å²) >= 11 is 13.9. The molecule has 1 fully saturated rings. The Morgan fingerprint density at radius 1 is 1.02 bits per heavy atom. The summed E-state index contributed by atoms with van der Waals surface area (Å²) < 4.78 is 0. The number of aromatic nitrogens is 2. The molecule has 232 valence electrons. The molecule has 4 atom stereocenters. The molecule has 0 spiro atoms. The van der Waals surface area contributed by atoms with Crippen LogP contribution in [0.2, 0.25) is 10.0 Å². The highest BCUT2D eigenvalue weighted by molar-refractivity contribution is 7.13. The van der Waals surface area contributed by atoms with E-state index in [-0.39, 0.29) is 29.8 Å². The third-order valence-electron chi connectivity index (χ3n) is 7.93. The highest BCUT2D eigenvalue weighted by Crippen LogP contribution is 2.28. The largest absolute Gasteiger partial charge is 0.360 e. The van der Waals surface area contributed by atoms with Gasteiger partial charge in [0.05, 0.1) is 6.04 Å². The fourth-order valence-electron chi connectivity index (χ4n) is 5.83. The minimum Gasteiger partial charge on any atom is -0.360 e. The van der Waals surface area contributed by atoms with Gasteiger partial charge < -0.3 is 20.9 Å². The summed E-state index contributed by atoms with van der Waals surface area (Å²) in [5.41, 5.74) is 10.2. The number of nitrogens with two attached hydrogens (primary N) is 1. The van der Waals surface area contributed by atoms with Crippen LogP contribution in [0.5, 0.6) is 0 Å². The Kier molecular flexibility index (Phi) is 12.2. The molecular weight excluding hydrogens is 603 g/mol. The number of hydrogen-bond donors (Lipinski definition) is 2. The third-order valence-corrected chi connectivity index (χ3v) is 9.17. The SMILES string of the molecule is CC(C)C[C@@H]1CN(C(=O)C(N)Cc2ccc(Cl)cc2Cl)[C@@H](CCCNc2nncs2)CN1C(=O)C(C)Cc1ccccc1. The van der Waals surface area contributed by atoms with Crippen LogP contribution < -0.4 is 11.1 Å². The minimum absolute atomic E-state index is 0.0863. The van der Waals surface area contributed by atoms with Gasteiger partial charge in [-0.15, -0.1) is 10.2 Å². The van der Waals surface area contributed by atoms with Crippen molar-refractivity contribution in [2.24, 2.45) is 17.6 Å². The van der Waals surface area contributed by atoms with Gasteiger partial charge in [0.25, 0.3) is 0 Å². The van der Waals surface area contributed by atoms with Crippen LogP contribution in [0, 0.1) is 11.8 Å². The van der Waals surface area contributed by atoms with Crippen LogP contribution in [0.25, 0.3) is 0 Å². The summed E-state index contributed by atoms with van der Waals surface area (Å²) in [6, 6.07) is 14.4. The number of piperazine rings is 1. The molecular formula is C32H42Cl2N6O2S. The van der Waals surface area contributed by atoms with Crippen molar-refractivity contribution < 1.29 is 9.59 Å². The fourth-order valence-corrected chi connectivity index (χ4v) is 6.79. The highest BCUT2D eigenvalue weighted by atomic mass is 35.5. The maximum atomic E-state index is 14.0. The Morgan fingerprint density at radius 3 is 2.42 bits per heavy atom. The number of amides is 2. The normalized spacial score (nSPS) is 18.5. The summed E-state index contributed by atoms with van der Waals surface area (Å²) in [6.45, 7) is 7.94. The van der Waals surface area contributed by atoms with E-state index in [2.05, 4.69) is 41.5 Å². The molecule has 4 rings (SSSR count). The molecule has 0 saturated carbocycles. The quantitative estimate of drug-likeness (QED) is 0.223. The second-order valence-corrected chi connectivity index (χ2v) is 13.5. The van der Waals surface area contributed by atoms with Crippen molar-refractivity contribution in [3.05, 3.63) is 75.2 Å². The zero-order valence-corrected chi connectivity index (χ0v) is 27.4. The molecule has 3 aromatic rings. The molecule has 1 aromatic heterocycles. The maximum Gasteiger partial charge on any atom is 0.240 e. The van der Waals surface area contributed by atoms with Crippen LogP contribution in [-0.2, 0) is 22.4 Å². The number of carbonyl (C=O) groups is 2. The second kappa shape index (κ2) is 15.8. The van der Waals surface area contributed by atoms with Gasteiger partial charge in [-0.1, -0.05) is 91.7 Å². The van der Waals surface area contributed by atoms with E-state index in [0.29, 0.717) is 48.4 Å². The van der Waals surface area contributed by atoms with Gasteiger partial charge in [0.15, 0.2) is 0 Å². The number of hydrogen-bond acceptors (Lipinski definition) is 7. The van der Waals surface area contributed by atoms with Crippen molar-refractivity contribution in [2.45, 2.75) is 71.0 Å². The zero-order valence-electron chi connectivity index (χ0n) is 25.1. The van der Waals surface area contributed by atoms with E-state index in [1.807, 2.05) is 41.0 Å². The van der Waals surface area contributed by atoms with Crippen LogP contribution in [-0.4, -0.2) is 69.6 Å². The number of halogens is 2. The summed E-state index contributed by atoms with van der Waals surface area (Å²) in [4.78, 5) is 31.9. The van der Waals surface area contributed by atoms with Crippen LogP contribution in [0.1, 0.15) is 51.2 Å². The Morgan fingerprint density at radius 2 is 1.74 bits per heavy atom. The highest BCUT2D eigenvalue weighted by Gasteiger charge is 2.40. The van der Waals surface area contributed by atoms with E-state index >= 15 is 0 Å². The molecule has 3 N–H and O–H groups in total. The van der Waals surface area contributed by atoms with Crippen molar-refractivity contribution in [3.63, 3.8) is 0 Å². The van der Waals surface area contributed by atoms with E-state index in [9.17, 15) is 9.59 Å². The standard InChI is InChI=1S/C32H42Cl2N6O2S/c1-21(2)14-27-19-39(31(42)29(35)16-24-11-12-25(33)17-28(24)34)26(10-7-13-36-32-38-37-20-43-32)18-40(27)30(41)22(3)15-23-8-5-4-6-9-23/h4-6,8-9,11-12,17,20-22,26-27,29H,7,10,13-16,18-19,35H2,1-3H3,(H,36,38)/t22?,26-,27+,29?/m0/s1. The second-order valence-electron chi connectivity index (χ2n) is 11.9. The van der Waals surface area contributed by atoms with Crippen molar-refractivity contribution >= 4 is 51.5 Å².